The van der Waals surface area contributed by atoms with Gasteiger partial charge in [-0.25, -0.2) is 4.98 Å². The molecule has 1 saturated heterocycles. The van der Waals surface area contributed by atoms with Crippen LogP contribution < -0.4 is 15.6 Å². The van der Waals surface area contributed by atoms with E-state index in [2.05, 4.69) is 10.3 Å². The van der Waals surface area contributed by atoms with Crippen LogP contribution >= 0.6 is 11.8 Å². The van der Waals surface area contributed by atoms with E-state index in [1.165, 1.54) is 25.3 Å². The van der Waals surface area contributed by atoms with Gasteiger partial charge in [-0.15, -0.1) is 0 Å². The molecule has 4 rings (SSSR count). The van der Waals surface area contributed by atoms with E-state index in [4.69, 9.17) is 9.47 Å². The van der Waals surface area contributed by atoms with Gasteiger partial charge in [0.05, 0.1) is 47.4 Å². The number of ether oxygens (including phenoxy) is 2. The highest BCUT2D eigenvalue weighted by Crippen LogP contribution is 2.29. The number of nitro benzene ring substituents is 1. The molecule has 1 amide bonds. The van der Waals surface area contributed by atoms with Crippen LogP contribution in [0.1, 0.15) is 12.8 Å². The molecule has 1 atom stereocenters. The van der Waals surface area contributed by atoms with Gasteiger partial charge in [0.15, 0.2) is 5.16 Å². The molecule has 1 N–H and O–H groups in total. The molecule has 0 radical (unpaired) electrons. The van der Waals surface area contributed by atoms with Crippen molar-refractivity contribution in [3.63, 3.8) is 0 Å². The second-order valence-electron chi connectivity index (χ2n) is 7.44. The topological polar surface area (TPSA) is 126 Å². The average molecular weight is 471 g/mol. The second kappa shape index (κ2) is 10.0. The first-order valence-electron chi connectivity index (χ1n) is 10.3. The lowest BCUT2D eigenvalue weighted by Gasteiger charge is -2.16. The number of hydrogen-bond acceptors (Lipinski definition) is 8. The maximum atomic E-state index is 13.1. The lowest BCUT2D eigenvalue weighted by atomic mass is 10.2. The van der Waals surface area contributed by atoms with Crippen molar-refractivity contribution in [1.82, 2.24) is 9.55 Å². The Morgan fingerprint density at radius 1 is 1.36 bits per heavy atom. The van der Waals surface area contributed by atoms with Crippen LogP contribution in [0.4, 0.5) is 11.4 Å². The van der Waals surface area contributed by atoms with Crippen molar-refractivity contribution in [3.05, 3.63) is 62.9 Å². The standard InChI is InChI=1S/C22H22N4O6S/c1-31-14-8-9-18(19(11-14)26(29)30)23-20(27)13-33-22-24-17-7-3-2-6-16(17)21(28)25(22)12-15-5-4-10-32-15/h2-3,6-9,11,15H,4-5,10,12-13H2,1H3,(H,23,27). The predicted molar refractivity (Wildman–Crippen MR) is 124 cm³/mol. The van der Waals surface area contributed by atoms with Gasteiger partial charge in [0.25, 0.3) is 11.2 Å². The van der Waals surface area contributed by atoms with E-state index in [-0.39, 0.29) is 28.8 Å². The van der Waals surface area contributed by atoms with E-state index in [1.54, 1.807) is 28.8 Å². The smallest absolute Gasteiger partial charge is 0.296 e. The first-order chi connectivity index (χ1) is 16.0. The molecule has 3 aromatic rings. The molecule has 1 aliphatic heterocycles. The van der Waals surface area contributed by atoms with Gasteiger partial charge >= 0.3 is 0 Å². The number of rotatable bonds is 8. The van der Waals surface area contributed by atoms with Crippen molar-refractivity contribution in [2.45, 2.75) is 30.6 Å². The zero-order valence-electron chi connectivity index (χ0n) is 17.9. The Morgan fingerprint density at radius 2 is 2.18 bits per heavy atom. The number of para-hydroxylation sites is 1. The number of anilines is 1. The summed E-state index contributed by atoms with van der Waals surface area (Å²) in [5.74, 6) is -0.230. The Balaban J connectivity index is 1.55. The lowest BCUT2D eigenvalue weighted by molar-refractivity contribution is -0.384. The number of hydrogen-bond donors (Lipinski definition) is 1. The Labute approximate surface area is 193 Å². The summed E-state index contributed by atoms with van der Waals surface area (Å²) < 4.78 is 12.2. The fourth-order valence-electron chi connectivity index (χ4n) is 3.62. The Kier molecular flexibility index (Phi) is 6.90. The molecule has 0 saturated carbocycles. The molecule has 172 valence electrons. The summed E-state index contributed by atoms with van der Waals surface area (Å²) >= 11 is 1.10. The normalized spacial score (nSPS) is 15.5. The molecule has 2 aromatic carbocycles. The summed E-state index contributed by atoms with van der Waals surface area (Å²) in [6, 6.07) is 11.2. The molecule has 1 unspecified atom stereocenters. The monoisotopic (exact) mass is 470 g/mol. The number of aromatic nitrogens is 2. The van der Waals surface area contributed by atoms with Crippen molar-refractivity contribution in [2.75, 3.05) is 24.8 Å². The number of nitro groups is 1. The third-order valence-electron chi connectivity index (χ3n) is 5.24. The van der Waals surface area contributed by atoms with Crippen molar-refractivity contribution < 1.29 is 19.2 Å². The third kappa shape index (κ3) is 5.15. The Morgan fingerprint density at radius 3 is 2.91 bits per heavy atom. The number of benzene rings is 2. The summed E-state index contributed by atoms with van der Waals surface area (Å²) in [5.41, 5.74) is 0.144. The highest BCUT2D eigenvalue weighted by Gasteiger charge is 2.22. The molecule has 1 fully saturated rings. The van der Waals surface area contributed by atoms with Gasteiger partial charge in [-0.05, 0) is 37.1 Å². The van der Waals surface area contributed by atoms with E-state index < -0.39 is 10.8 Å². The molecular weight excluding hydrogens is 448 g/mol. The van der Waals surface area contributed by atoms with Crippen LogP contribution in [-0.4, -0.2) is 46.0 Å². The third-order valence-corrected chi connectivity index (χ3v) is 6.22. The Hall–Kier alpha value is -3.44. The van der Waals surface area contributed by atoms with E-state index in [1.807, 2.05) is 0 Å². The summed E-state index contributed by atoms with van der Waals surface area (Å²) in [5, 5.41) is 14.8. The summed E-state index contributed by atoms with van der Waals surface area (Å²) in [6.45, 7) is 1.01. The second-order valence-corrected chi connectivity index (χ2v) is 8.38. The quantitative estimate of drug-likeness (QED) is 0.230. The number of thioether (sulfide) groups is 1. The average Bonchev–Trinajstić information content (AvgIpc) is 3.33. The van der Waals surface area contributed by atoms with E-state index in [0.29, 0.717) is 35.0 Å². The zero-order valence-corrected chi connectivity index (χ0v) is 18.7. The van der Waals surface area contributed by atoms with Crippen molar-refractivity contribution in [1.29, 1.82) is 0 Å². The minimum atomic E-state index is -0.588. The fourth-order valence-corrected chi connectivity index (χ4v) is 4.43. The number of carbonyl (C=O) groups is 1. The number of nitrogens with one attached hydrogen (secondary N) is 1. The molecule has 0 aliphatic carbocycles. The summed E-state index contributed by atoms with van der Waals surface area (Å²) in [7, 11) is 1.40. The van der Waals surface area contributed by atoms with Crippen LogP contribution in [0, 0.1) is 10.1 Å². The molecule has 11 heteroatoms. The number of amides is 1. The summed E-state index contributed by atoms with van der Waals surface area (Å²) in [6.07, 6.45) is 1.71. The van der Waals surface area contributed by atoms with Gasteiger partial charge in [0.2, 0.25) is 5.91 Å². The number of carbonyl (C=O) groups excluding carboxylic acids is 1. The van der Waals surface area contributed by atoms with Crippen LogP contribution in [0.3, 0.4) is 0 Å². The van der Waals surface area contributed by atoms with Gasteiger partial charge in [-0.1, -0.05) is 23.9 Å². The molecule has 0 bridgehead atoms. The largest absolute Gasteiger partial charge is 0.496 e. The van der Waals surface area contributed by atoms with Crippen molar-refractivity contribution >= 4 is 39.9 Å². The fraction of sp³-hybridized carbons (Fsp3) is 0.318. The Bertz CT molecular complexity index is 1260. The first kappa shape index (κ1) is 22.7. The van der Waals surface area contributed by atoms with Crippen molar-refractivity contribution in [3.8, 4) is 5.75 Å². The highest BCUT2D eigenvalue weighted by atomic mass is 32.2. The van der Waals surface area contributed by atoms with Gasteiger partial charge in [-0.3, -0.25) is 24.3 Å². The van der Waals surface area contributed by atoms with Crippen LogP contribution in [0.25, 0.3) is 10.9 Å². The molecular formula is C22H22N4O6S. The van der Waals surface area contributed by atoms with Crippen LogP contribution in [0.2, 0.25) is 0 Å². The van der Waals surface area contributed by atoms with Gasteiger partial charge in [0, 0.05) is 6.61 Å². The molecule has 1 aliphatic rings. The van der Waals surface area contributed by atoms with E-state index >= 15 is 0 Å². The molecule has 0 spiro atoms. The molecule has 2 heterocycles. The summed E-state index contributed by atoms with van der Waals surface area (Å²) in [4.78, 5) is 41.1. The van der Waals surface area contributed by atoms with E-state index in [0.717, 1.165) is 24.6 Å². The van der Waals surface area contributed by atoms with Gasteiger partial charge in [0.1, 0.15) is 11.4 Å². The van der Waals surface area contributed by atoms with Gasteiger partial charge < -0.3 is 14.8 Å². The van der Waals surface area contributed by atoms with E-state index in [9.17, 15) is 19.7 Å². The minimum absolute atomic E-state index is 0.0645. The predicted octanol–water partition coefficient (Wildman–Crippen LogP) is 3.22. The number of methoxy groups -OCH3 is 1. The molecule has 1 aromatic heterocycles. The zero-order chi connectivity index (χ0) is 23.4. The van der Waals surface area contributed by atoms with Crippen LogP contribution in [0.15, 0.2) is 52.4 Å². The minimum Gasteiger partial charge on any atom is -0.496 e. The maximum absolute atomic E-state index is 13.1. The maximum Gasteiger partial charge on any atom is 0.296 e. The SMILES string of the molecule is COc1ccc(NC(=O)CSc2nc3ccccc3c(=O)n2CC2CCCO2)c([N+](=O)[O-])c1. The number of nitrogens with zero attached hydrogens (tertiary/aromatic N) is 3. The highest BCUT2D eigenvalue weighted by molar-refractivity contribution is 7.99. The molecule has 10 nitrogen and oxygen atoms in total. The lowest BCUT2D eigenvalue weighted by Crippen LogP contribution is -2.29. The van der Waals surface area contributed by atoms with Crippen LogP contribution in [0.5, 0.6) is 5.75 Å². The first-order valence-corrected chi connectivity index (χ1v) is 11.3. The number of fused-ring (bicyclic) bond motifs is 1. The molecule has 33 heavy (non-hydrogen) atoms. The van der Waals surface area contributed by atoms with Gasteiger partial charge in [-0.2, -0.15) is 0 Å². The van der Waals surface area contributed by atoms with Crippen LogP contribution in [-0.2, 0) is 16.1 Å². The van der Waals surface area contributed by atoms with Crippen molar-refractivity contribution in [2.24, 2.45) is 0 Å².